The van der Waals surface area contributed by atoms with E-state index in [0.717, 1.165) is 16.3 Å². The van der Waals surface area contributed by atoms with Gasteiger partial charge < -0.3 is 14.8 Å². The van der Waals surface area contributed by atoms with E-state index in [4.69, 9.17) is 9.47 Å². The van der Waals surface area contributed by atoms with Gasteiger partial charge in [0.15, 0.2) is 6.10 Å². The average molecular weight is 363 g/mol. The average Bonchev–Trinajstić information content (AvgIpc) is 2.68. The van der Waals surface area contributed by atoms with Crippen molar-refractivity contribution < 1.29 is 19.1 Å². The van der Waals surface area contributed by atoms with Crippen molar-refractivity contribution in [2.45, 2.75) is 19.4 Å². The molecule has 1 N–H and O–H groups in total. The molecule has 0 aromatic heterocycles. The van der Waals surface area contributed by atoms with Crippen LogP contribution in [0, 0.1) is 0 Å². The molecule has 138 valence electrons. The number of para-hydroxylation sites is 2. The minimum absolute atomic E-state index is 0.108. The number of carbonyl (C=O) groups excluding carboxylic acids is 2. The molecule has 0 aliphatic heterocycles. The minimum Gasteiger partial charge on any atom is -0.495 e. The topological polar surface area (TPSA) is 64.6 Å². The zero-order valence-corrected chi connectivity index (χ0v) is 15.3. The maximum atomic E-state index is 12.3. The second-order valence-corrected chi connectivity index (χ2v) is 6.18. The Morgan fingerprint density at radius 1 is 0.963 bits per heavy atom. The van der Waals surface area contributed by atoms with Gasteiger partial charge >= 0.3 is 5.97 Å². The molecule has 3 aromatic rings. The van der Waals surface area contributed by atoms with Gasteiger partial charge in [0.05, 0.1) is 19.2 Å². The van der Waals surface area contributed by atoms with E-state index in [9.17, 15) is 9.59 Å². The highest BCUT2D eigenvalue weighted by Crippen LogP contribution is 2.23. The van der Waals surface area contributed by atoms with Crippen LogP contribution in [0.2, 0.25) is 0 Å². The van der Waals surface area contributed by atoms with Crippen molar-refractivity contribution in [2.75, 3.05) is 12.4 Å². The largest absolute Gasteiger partial charge is 0.495 e. The van der Waals surface area contributed by atoms with Gasteiger partial charge in [0.1, 0.15) is 5.75 Å². The van der Waals surface area contributed by atoms with E-state index in [0.29, 0.717) is 11.4 Å². The van der Waals surface area contributed by atoms with E-state index < -0.39 is 18.0 Å². The molecule has 0 saturated heterocycles. The predicted molar refractivity (Wildman–Crippen MR) is 105 cm³/mol. The first kappa shape index (κ1) is 18.5. The van der Waals surface area contributed by atoms with Crippen LogP contribution in [0.1, 0.15) is 12.5 Å². The molecular weight excluding hydrogens is 342 g/mol. The number of nitrogens with one attached hydrogen (secondary N) is 1. The first-order valence-corrected chi connectivity index (χ1v) is 8.68. The number of anilines is 1. The Morgan fingerprint density at radius 2 is 1.67 bits per heavy atom. The van der Waals surface area contributed by atoms with Gasteiger partial charge in [0.2, 0.25) is 0 Å². The molecule has 0 heterocycles. The molecule has 0 bridgehead atoms. The highest BCUT2D eigenvalue weighted by molar-refractivity contribution is 5.96. The Labute approximate surface area is 157 Å². The van der Waals surface area contributed by atoms with Crippen LogP contribution in [0.3, 0.4) is 0 Å². The highest BCUT2D eigenvalue weighted by atomic mass is 16.5. The quantitative estimate of drug-likeness (QED) is 0.673. The third-order valence-corrected chi connectivity index (χ3v) is 4.20. The van der Waals surface area contributed by atoms with Crippen LogP contribution in [-0.2, 0) is 20.7 Å². The zero-order chi connectivity index (χ0) is 19.2. The molecule has 5 heteroatoms. The number of ether oxygens (including phenoxy) is 2. The van der Waals surface area contributed by atoms with Gasteiger partial charge in [-0.2, -0.15) is 0 Å². The van der Waals surface area contributed by atoms with Gasteiger partial charge in [0.25, 0.3) is 5.91 Å². The second kappa shape index (κ2) is 8.36. The van der Waals surface area contributed by atoms with Gasteiger partial charge in [-0.3, -0.25) is 9.59 Å². The number of rotatable bonds is 6. The summed E-state index contributed by atoms with van der Waals surface area (Å²) < 4.78 is 10.5. The summed E-state index contributed by atoms with van der Waals surface area (Å²) in [6.07, 6.45) is -0.806. The van der Waals surface area contributed by atoms with E-state index in [1.165, 1.54) is 7.11 Å². The number of hydrogen-bond acceptors (Lipinski definition) is 4. The monoisotopic (exact) mass is 363 g/mol. The van der Waals surface area contributed by atoms with Crippen LogP contribution < -0.4 is 10.1 Å². The van der Waals surface area contributed by atoms with E-state index in [1.54, 1.807) is 25.1 Å². The lowest BCUT2D eigenvalue weighted by Gasteiger charge is -2.15. The summed E-state index contributed by atoms with van der Waals surface area (Å²) >= 11 is 0. The summed E-state index contributed by atoms with van der Waals surface area (Å²) in [7, 11) is 1.53. The molecule has 3 rings (SSSR count). The summed E-state index contributed by atoms with van der Waals surface area (Å²) in [5, 5.41) is 4.88. The second-order valence-electron chi connectivity index (χ2n) is 6.18. The number of hydrogen-bond donors (Lipinski definition) is 1. The fraction of sp³-hybridized carbons (Fsp3) is 0.182. The van der Waals surface area contributed by atoms with Crippen LogP contribution in [0.5, 0.6) is 5.75 Å². The molecule has 0 aliphatic carbocycles. The normalized spacial score (nSPS) is 11.6. The molecular formula is C22H21NO4. The van der Waals surface area contributed by atoms with Crippen molar-refractivity contribution in [1.29, 1.82) is 0 Å². The SMILES string of the molecule is COc1ccccc1NC(=O)[C@@H](C)OC(=O)Cc1ccc2ccccc2c1. The Bertz CT molecular complexity index is 967. The van der Waals surface area contributed by atoms with E-state index >= 15 is 0 Å². The summed E-state index contributed by atoms with van der Waals surface area (Å²) in [5.41, 5.74) is 1.37. The lowest BCUT2D eigenvalue weighted by Crippen LogP contribution is -2.30. The van der Waals surface area contributed by atoms with Crippen LogP contribution in [-0.4, -0.2) is 25.1 Å². The fourth-order valence-electron chi connectivity index (χ4n) is 2.79. The van der Waals surface area contributed by atoms with Crippen LogP contribution >= 0.6 is 0 Å². The van der Waals surface area contributed by atoms with Crippen LogP contribution in [0.4, 0.5) is 5.69 Å². The molecule has 0 aliphatic rings. The smallest absolute Gasteiger partial charge is 0.311 e. The van der Waals surface area contributed by atoms with Gasteiger partial charge in [-0.05, 0) is 35.4 Å². The summed E-state index contributed by atoms with van der Waals surface area (Å²) in [4.78, 5) is 24.5. The van der Waals surface area contributed by atoms with Gasteiger partial charge in [-0.1, -0.05) is 54.6 Å². The number of carbonyl (C=O) groups is 2. The molecule has 3 aromatic carbocycles. The standard InChI is InChI=1S/C22H21NO4/c1-15(22(25)23-19-9-5-6-10-20(19)26-2)27-21(24)14-16-11-12-17-7-3-4-8-18(17)13-16/h3-13,15H,14H2,1-2H3,(H,23,25)/t15-/m1/s1. The van der Waals surface area contributed by atoms with Crippen molar-refractivity contribution >= 4 is 28.3 Å². The van der Waals surface area contributed by atoms with Crippen molar-refractivity contribution in [3.05, 3.63) is 72.3 Å². The van der Waals surface area contributed by atoms with Crippen LogP contribution in [0.25, 0.3) is 10.8 Å². The maximum absolute atomic E-state index is 12.3. The van der Waals surface area contributed by atoms with Gasteiger partial charge in [-0.25, -0.2) is 0 Å². The summed E-state index contributed by atoms with van der Waals surface area (Å²) in [6.45, 7) is 1.54. The van der Waals surface area contributed by atoms with E-state index in [-0.39, 0.29) is 6.42 Å². The molecule has 0 fully saturated rings. The Morgan fingerprint density at radius 3 is 2.44 bits per heavy atom. The third kappa shape index (κ3) is 4.64. The Kier molecular flexibility index (Phi) is 5.71. The van der Waals surface area contributed by atoms with Crippen molar-refractivity contribution in [2.24, 2.45) is 0 Å². The number of methoxy groups -OCH3 is 1. The lowest BCUT2D eigenvalue weighted by molar-refractivity contribution is -0.152. The van der Waals surface area contributed by atoms with Crippen LogP contribution in [0.15, 0.2) is 66.7 Å². The fourth-order valence-corrected chi connectivity index (χ4v) is 2.79. The summed E-state index contributed by atoms with van der Waals surface area (Å²) in [5.74, 6) is -0.320. The first-order valence-electron chi connectivity index (χ1n) is 8.68. The lowest BCUT2D eigenvalue weighted by atomic mass is 10.1. The molecule has 0 spiro atoms. The minimum atomic E-state index is -0.914. The molecule has 1 atom stereocenters. The molecule has 5 nitrogen and oxygen atoms in total. The number of fused-ring (bicyclic) bond motifs is 1. The molecule has 0 saturated carbocycles. The maximum Gasteiger partial charge on any atom is 0.311 e. The van der Waals surface area contributed by atoms with Crippen molar-refractivity contribution in [3.63, 3.8) is 0 Å². The van der Waals surface area contributed by atoms with Crippen molar-refractivity contribution in [3.8, 4) is 5.75 Å². The first-order chi connectivity index (χ1) is 13.1. The summed E-state index contributed by atoms with van der Waals surface area (Å²) in [6, 6.07) is 20.8. The molecule has 0 radical (unpaired) electrons. The Balaban J connectivity index is 1.60. The van der Waals surface area contributed by atoms with E-state index in [2.05, 4.69) is 5.32 Å². The molecule has 27 heavy (non-hydrogen) atoms. The molecule has 0 unspecified atom stereocenters. The predicted octanol–water partition coefficient (Wildman–Crippen LogP) is 3.96. The number of amides is 1. The third-order valence-electron chi connectivity index (χ3n) is 4.20. The highest BCUT2D eigenvalue weighted by Gasteiger charge is 2.19. The van der Waals surface area contributed by atoms with Gasteiger partial charge in [0, 0.05) is 0 Å². The Hall–Kier alpha value is -3.34. The zero-order valence-electron chi connectivity index (χ0n) is 15.3. The van der Waals surface area contributed by atoms with Crippen molar-refractivity contribution in [1.82, 2.24) is 0 Å². The number of benzene rings is 3. The molecule has 1 amide bonds. The number of esters is 1. The van der Waals surface area contributed by atoms with Gasteiger partial charge in [-0.15, -0.1) is 0 Å². The van der Waals surface area contributed by atoms with E-state index in [1.807, 2.05) is 48.5 Å².